The lowest BCUT2D eigenvalue weighted by Crippen LogP contribution is -2.29. The lowest BCUT2D eigenvalue weighted by Gasteiger charge is -2.11. The average molecular weight is 379 g/mol. The van der Waals surface area contributed by atoms with Gasteiger partial charge in [0.25, 0.3) is 0 Å². The van der Waals surface area contributed by atoms with Crippen molar-refractivity contribution < 1.29 is 35.3 Å². The maximum absolute atomic E-state index is 12.6. The number of alkyl halides is 3. The summed E-state index contributed by atoms with van der Waals surface area (Å²) in [6.45, 7) is 1.54. The van der Waals surface area contributed by atoms with Crippen molar-refractivity contribution in [3.63, 3.8) is 0 Å². The number of nitrogens with zero attached hydrogens (tertiary/aromatic N) is 3. The molecule has 2 rings (SSSR count). The van der Waals surface area contributed by atoms with Gasteiger partial charge in [-0.05, 0) is 19.1 Å². The molecule has 0 N–H and O–H groups in total. The van der Waals surface area contributed by atoms with Crippen LogP contribution in [-0.2, 0) is 21.9 Å². The van der Waals surface area contributed by atoms with Crippen LogP contribution in [-0.4, -0.2) is 41.8 Å². The van der Waals surface area contributed by atoms with Crippen molar-refractivity contribution in [3.05, 3.63) is 29.6 Å². The number of hydrogen-bond donors (Lipinski definition) is 0. The lowest BCUT2D eigenvalue weighted by atomic mass is 10.1. The molecule has 0 fully saturated rings. The number of carbonyl (C=O) groups excluding carboxylic acids is 1. The Kier molecular flexibility index (Phi) is 4.75. The zero-order chi connectivity index (χ0) is 19.0. The lowest BCUT2D eigenvalue weighted by molar-refractivity contribution is -0.0502. The second-order valence-corrected chi connectivity index (χ2v) is 6.38. The van der Waals surface area contributed by atoms with Gasteiger partial charge in [0.15, 0.2) is 0 Å². The minimum atomic E-state index is -5.90. The molecule has 0 aliphatic carbocycles. The zero-order valence-electron chi connectivity index (χ0n) is 13.2. The highest BCUT2D eigenvalue weighted by Crippen LogP contribution is 2.33. The molecule has 0 atom stereocenters. The first kappa shape index (κ1) is 18.7. The number of ether oxygens (including phenoxy) is 1. The van der Waals surface area contributed by atoms with Crippen molar-refractivity contribution in [2.45, 2.75) is 12.4 Å². The Balaban J connectivity index is 2.57. The maximum Gasteiger partial charge on any atom is 0.534 e. The Morgan fingerprint density at radius 2 is 1.92 bits per heavy atom. The zero-order valence-corrected chi connectivity index (χ0v) is 14.0. The predicted octanol–water partition coefficient (Wildman–Crippen LogP) is 1.81. The number of carbonyl (C=O) groups is 1. The summed E-state index contributed by atoms with van der Waals surface area (Å²) < 4.78 is 69.7. The average Bonchev–Trinajstić information content (AvgIpc) is 2.85. The number of methoxy groups -OCH3 is 1. The summed E-state index contributed by atoms with van der Waals surface area (Å²) in [5.74, 6) is -1.38. The standard InChI is InChI=1S/C13H12F3N3O5S/c1-7-4-8(12(20)23-3)5-10(18-7)9-6-17-19(2)11(9)24-25(21,22)13(14,15)16/h4-6H,1-3H3. The Hall–Kier alpha value is -2.63. The monoisotopic (exact) mass is 379 g/mol. The van der Waals surface area contributed by atoms with Crippen molar-refractivity contribution in [3.8, 4) is 17.1 Å². The third kappa shape index (κ3) is 3.73. The van der Waals surface area contributed by atoms with Crippen LogP contribution in [0.15, 0.2) is 18.3 Å². The molecule has 0 aliphatic rings. The number of halogens is 3. The summed E-state index contributed by atoms with van der Waals surface area (Å²) in [6, 6.07) is 2.63. The predicted molar refractivity (Wildman–Crippen MR) is 78.1 cm³/mol. The van der Waals surface area contributed by atoms with Gasteiger partial charge in [-0.15, -0.1) is 0 Å². The molecule has 2 aromatic rings. The molecule has 2 aromatic heterocycles. The van der Waals surface area contributed by atoms with Crippen molar-refractivity contribution >= 4 is 16.1 Å². The number of hydrogen-bond acceptors (Lipinski definition) is 7. The van der Waals surface area contributed by atoms with Gasteiger partial charge in [0, 0.05) is 12.7 Å². The van der Waals surface area contributed by atoms with Gasteiger partial charge < -0.3 is 8.92 Å². The topological polar surface area (TPSA) is 100 Å². The van der Waals surface area contributed by atoms with Crippen LogP contribution in [0.2, 0.25) is 0 Å². The van der Waals surface area contributed by atoms with Crippen molar-refractivity contribution in [2.75, 3.05) is 7.11 Å². The molecular formula is C13H12F3N3O5S. The molecule has 0 spiro atoms. The Morgan fingerprint density at radius 3 is 2.48 bits per heavy atom. The molecule has 0 saturated carbocycles. The van der Waals surface area contributed by atoms with E-state index < -0.39 is 27.5 Å². The highest BCUT2D eigenvalue weighted by atomic mass is 32.2. The van der Waals surface area contributed by atoms with E-state index in [1.807, 2.05) is 0 Å². The molecule has 12 heteroatoms. The summed E-state index contributed by atoms with van der Waals surface area (Å²) in [7, 11) is -3.54. The molecule has 136 valence electrons. The van der Waals surface area contributed by atoms with Gasteiger partial charge in [0.1, 0.15) is 0 Å². The number of pyridine rings is 1. The van der Waals surface area contributed by atoms with E-state index in [2.05, 4.69) is 19.0 Å². The van der Waals surface area contributed by atoms with Crippen LogP contribution < -0.4 is 4.18 Å². The van der Waals surface area contributed by atoms with Gasteiger partial charge >= 0.3 is 21.6 Å². The maximum atomic E-state index is 12.6. The van der Waals surface area contributed by atoms with Crippen LogP contribution in [0.4, 0.5) is 13.2 Å². The SMILES string of the molecule is COC(=O)c1cc(C)nc(-c2cnn(C)c2OS(=O)(=O)C(F)(F)F)c1. The Bertz CT molecular complexity index is 921. The minimum Gasteiger partial charge on any atom is -0.465 e. The first-order valence-electron chi connectivity index (χ1n) is 6.56. The highest BCUT2D eigenvalue weighted by molar-refractivity contribution is 7.88. The van der Waals surface area contributed by atoms with Gasteiger partial charge in [-0.1, -0.05) is 0 Å². The number of aryl methyl sites for hydroxylation is 2. The summed E-state index contributed by atoms with van der Waals surface area (Å²) in [5, 5.41) is 3.69. The third-order valence-electron chi connectivity index (χ3n) is 3.01. The molecule has 0 bridgehead atoms. The van der Waals surface area contributed by atoms with E-state index in [9.17, 15) is 26.4 Å². The summed E-state index contributed by atoms with van der Waals surface area (Å²) >= 11 is 0. The van der Waals surface area contributed by atoms with Gasteiger partial charge in [0.2, 0.25) is 5.88 Å². The molecule has 0 unspecified atom stereocenters. The Labute approximate surface area is 140 Å². The van der Waals surface area contributed by atoms with Crippen LogP contribution in [0, 0.1) is 6.92 Å². The molecule has 2 heterocycles. The third-order valence-corrected chi connectivity index (χ3v) is 3.95. The smallest absolute Gasteiger partial charge is 0.465 e. The van der Waals surface area contributed by atoms with E-state index in [-0.39, 0.29) is 16.8 Å². The Morgan fingerprint density at radius 1 is 1.28 bits per heavy atom. The second-order valence-electron chi connectivity index (χ2n) is 4.84. The summed E-state index contributed by atoms with van der Waals surface area (Å²) in [4.78, 5) is 15.7. The molecule has 25 heavy (non-hydrogen) atoms. The van der Waals surface area contributed by atoms with E-state index in [0.29, 0.717) is 5.69 Å². The molecule has 0 amide bonds. The second kappa shape index (κ2) is 6.35. The minimum absolute atomic E-state index is 0.000810. The highest BCUT2D eigenvalue weighted by Gasteiger charge is 2.49. The van der Waals surface area contributed by atoms with E-state index >= 15 is 0 Å². The van der Waals surface area contributed by atoms with Gasteiger partial charge in [0.05, 0.1) is 30.1 Å². The fraction of sp³-hybridized carbons (Fsp3) is 0.308. The molecular weight excluding hydrogens is 367 g/mol. The number of esters is 1. The van der Waals surface area contributed by atoms with Gasteiger partial charge in [-0.3, -0.25) is 4.98 Å². The van der Waals surface area contributed by atoms with Crippen LogP contribution in [0.25, 0.3) is 11.3 Å². The summed E-state index contributed by atoms with van der Waals surface area (Å²) in [5.41, 5.74) is -5.30. The molecule has 0 aliphatic heterocycles. The van der Waals surface area contributed by atoms with Crippen LogP contribution >= 0.6 is 0 Å². The van der Waals surface area contributed by atoms with Crippen molar-refractivity contribution in [1.29, 1.82) is 0 Å². The molecule has 0 aromatic carbocycles. The molecule has 8 nitrogen and oxygen atoms in total. The van der Waals surface area contributed by atoms with Crippen LogP contribution in [0.5, 0.6) is 5.88 Å². The van der Waals surface area contributed by atoms with E-state index in [1.54, 1.807) is 6.92 Å². The van der Waals surface area contributed by atoms with E-state index in [1.165, 1.54) is 19.2 Å². The van der Waals surface area contributed by atoms with Gasteiger partial charge in [-0.25, -0.2) is 9.48 Å². The fourth-order valence-electron chi connectivity index (χ4n) is 1.89. The normalized spacial score (nSPS) is 12.1. The largest absolute Gasteiger partial charge is 0.534 e. The first-order chi connectivity index (χ1) is 11.5. The molecule has 0 saturated heterocycles. The number of aromatic nitrogens is 3. The van der Waals surface area contributed by atoms with E-state index in [4.69, 9.17) is 0 Å². The fourth-order valence-corrected chi connectivity index (χ4v) is 2.39. The van der Waals surface area contributed by atoms with Crippen LogP contribution in [0.1, 0.15) is 16.1 Å². The molecule has 0 radical (unpaired) electrons. The van der Waals surface area contributed by atoms with E-state index in [0.717, 1.165) is 18.0 Å². The van der Waals surface area contributed by atoms with Gasteiger partial charge in [-0.2, -0.15) is 26.7 Å². The van der Waals surface area contributed by atoms with Crippen molar-refractivity contribution in [1.82, 2.24) is 14.8 Å². The number of rotatable bonds is 4. The first-order valence-corrected chi connectivity index (χ1v) is 7.97. The van der Waals surface area contributed by atoms with Crippen molar-refractivity contribution in [2.24, 2.45) is 7.05 Å². The summed E-state index contributed by atoms with van der Waals surface area (Å²) in [6.07, 6.45) is 1.07. The quantitative estimate of drug-likeness (QED) is 0.454. The van der Waals surface area contributed by atoms with Crippen LogP contribution in [0.3, 0.4) is 0 Å².